The third-order valence-electron chi connectivity index (χ3n) is 6.76. The van der Waals surface area contributed by atoms with E-state index in [4.69, 9.17) is 27.5 Å². The second-order valence-corrected chi connectivity index (χ2v) is 13.8. The maximum absolute atomic E-state index is 15.5. The van der Waals surface area contributed by atoms with Crippen molar-refractivity contribution >= 4 is 44.9 Å². The molecule has 0 unspecified atom stereocenters. The first kappa shape index (κ1) is 33.5. The predicted octanol–water partition coefficient (Wildman–Crippen LogP) is 5.52. The molecule has 1 N–H and O–H groups in total. The van der Waals surface area contributed by atoms with E-state index in [1.165, 1.54) is 0 Å². The number of nitrogens with one attached hydrogen (secondary N) is 1. The molecule has 1 aliphatic rings. The van der Waals surface area contributed by atoms with Crippen LogP contribution >= 0.6 is 11.6 Å². The van der Waals surface area contributed by atoms with Gasteiger partial charge in [-0.25, -0.2) is 17.6 Å². The molecule has 2 amide bonds. The average molecular weight is 655 g/mol. The van der Waals surface area contributed by atoms with Gasteiger partial charge in [-0.1, -0.05) is 41.8 Å². The van der Waals surface area contributed by atoms with E-state index in [9.17, 15) is 22.8 Å². The van der Waals surface area contributed by atoms with Gasteiger partial charge in [0.2, 0.25) is 0 Å². The minimum absolute atomic E-state index is 0.0963. The largest absolute Gasteiger partial charge is 0.481 e. The number of hydrogen-bond acceptors (Lipinski definition) is 7. The zero-order chi connectivity index (χ0) is 32.9. The smallest absolute Gasteiger partial charge is 0.408 e. The van der Waals surface area contributed by atoms with Gasteiger partial charge in [0.15, 0.2) is 15.6 Å². The van der Waals surface area contributed by atoms with Crippen molar-refractivity contribution in [1.82, 2.24) is 5.32 Å². The number of nitrogens with zero attached hydrogens (tertiary/aromatic N) is 1. The van der Waals surface area contributed by atoms with E-state index in [0.29, 0.717) is 16.3 Å². The highest BCUT2D eigenvalue weighted by Gasteiger charge is 2.40. The summed E-state index contributed by atoms with van der Waals surface area (Å²) in [7, 11) is -4.34. The molecule has 1 atom stereocenters. The van der Waals surface area contributed by atoms with Gasteiger partial charge in [0.05, 0.1) is 28.4 Å². The number of halogens is 2. The molecule has 0 saturated heterocycles. The van der Waals surface area contributed by atoms with Crippen molar-refractivity contribution in [3.05, 3.63) is 88.2 Å². The van der Waals surface area contributed by atoms with Gasteiger partial charge in [0.25, 0.3) is 5.91 Å². The van der Waals surface area contributed by atoms with Crippen molar-refractivity contribution in [2.24, 2.45) is 0 Å². The van der Waals surface area contributed by atoms with Gasteiger partial charge in [-0.15, -0.1) is 6.42 Å². The van der Waals surface area contributed by atoms with Gasteiger partial charge in [-0.2, -0.15) is 0 Å². The van der Waals surface area contributed by atoms with Crippen molar-refractivity contribution in [3.63, 3.8) is 0 Å². The van der Waals surface area contributed by atoms with Gasteiger partial charge >= 0.3 is 6.09 Å². The minimum atomic E-state index is -4.34. The molecule has 3 aromatic carbocycles. The lowest BCUT2D eigenvalue weighted by atomic mass is 10.0. The van der Waals surface area contributed by atoms with Crippen LogP contribution in [-0.2, 0) is 32.3 Å². The number of ether oxygens (including phenoxy) is 2. The number of aryl methyl sites for hydroxylation is 1. The van der Waals surface area contributed by atoms with Crippen LogP contribution in [0, 0.1) is 18.2 Å². The van der Waals surface area contributed by atoms with Crippen LogP contribution in [0.25, 0.3) is 0 Å². The monoisotopic (exact) mass is 654 g/mol. The SMILES string of the molecule is C#CCOc1ccc(CCC(=O)c2cc3c(cc2F)S(=O)(=O)C[C@H](NC(=O)OC(C)(C)C)C(=O)N3Cc2ccc(Cl)cc2)cc1. The summed E-state index contributed by atoms with van der Waals surface area (Å²) in [6.07, 6.45) is 4.37. The Morgan fingerprint density at radius 2 is 1.73 bits per heavy atom. The van der Waals surface area contributed by atoms with Gasteiger partial charge in [-0.3, -0.25) is 9.59 Å². The molecule has 3 aromatic rings. The molecule has 0 fully saturated rings. The quantitative estimate of drug-likeness (QED) is 0.238. The normalized spacial score (nSPS) is 15.8. The molecule has 4 rings (SSSR count). The molecule has 0 bridgehead atoms. The van der Waals surface area contributed by atoms with Crippen molar-refractivity contribution in [2.75, 3.05) is 17.3 Å². The first-order valence-corrected chi connectivity index (χ1v) is 16.0. The molecular weight excluding hydrogens is 623 g/mol. The highest BCUT2D eigenvalue weighted by Crippen LogP contribution is 2.35. The molecule has 0 radical (unpaired) electrons. The number of sulfone groups is 1. The van der Waals surface area contributed by atoms with E-state index in [2.05, 4.69) is 11.2 Å². The number of carbonyl (C=O) groups is 3. The number of ketones is 1. The van der Waals surface area contributed by atoms with Crippen LogP contribution in [0.4, 0.5) is 14.9 Å². The van der Waals surface area contributed by atoms with Crippen molar-refractivity contribution in [2.45, 2.75) is 56.7 Å². The van der Waals surface area contributed by atoms with Crippen molar-refractivity contribution < 1.29 is 36.7 Å². The Morgan fingerprint density at radius 3 is 2.36 bits per heavy atom. The second kappa shape index (κ2) is 13.7. The Kier molecular flexibility index (Phi) is 10.2. The molecule has 0 aliphatic carbocycles. The number of alkyl carbamates (subject to hydrolysis) is 1. The molecule has 0 spiro atoms. The fraction of sp³-hybridized carbons (Fsp3) is 0.303. The van der Waals surface area contributed by atoms with Crippen LogP contribution in [0.1, 0.15) is 48.7 Å². The first-order valence-electron chi connectivity index (χ1n) is 14.0. The van der Waals surface area contributed by atoms with Crippen LogP contribution in [0.3, 0.4) is 0 Å². The molecule has 0 aromatic heterocycles. The topological polar surface area (TPSA) is 119 Å². The van der Waals surface area contributed by atoms with Crippen LogP contribution in [0.5, 0.6) is 5.75 Å². The number of rotatable bonds is 9. The summed E-state index contributed by atoms with van der Waals surface area (Å²) in [5.41, 5.74) is -0.113. The molecule has 9 nitrogen and oxygen atoms in total. The van der Waals surface area contributed by atoms with Crippen LogP contribution in [-0.4, -0.2) is 50.2 Å². The third kappa shape index (κ3) is 8.62. The maximum Gasteiger partial charge on any atom is 0.408 e. The van der Waals surface area contributed by atoms with Gasteiger partial charge in [0.1, 0.15) is 29.8 Å². The third-order valence-corrected chi connectivity index (χ3v) is 8.78. The van der Waals surface area contributed by atoms with E-state index in [1.807, 2.05) is 0 Å². The molecular formula is C33H32ClFN2O7S. The van der Waals surface area contributed by atoms with Gasteiger partial charge in [0, 0.05) is 11.4 Å². The maximum atomic E-state index is 15.5. The Bertz CT molecular complexity index is 1750. The van der Waals surface area contributed by atoms with Crippen molar-refractivity contribution in [3.8, 4) is 18.1 Å². The van der Waals surface area contributed by atoms with Crippen LogP contribution in [0.2, 0.25) is 5.02 Å². The highest BCUT2D eigenvalue weighted by atomic mass is 35.5. The predicted molar refractivity (Wildman–Crippen MR) is 168 cm³/mol. The number of amides is 2. The molecule has 1 aliphatic heterocycles. The number of hydrogen-bond donors (Lipinski definition) is 1. The summed E-state index contributed by atoms with van der Waals surface area (Å²) < 4.78 is 53.1. The zero-order valence-electron chi connectivity index (χ0n) is 24.9. The lowest BCUT2D eigenvalue weighted by molar-refractivity contribution is -0.120. The summed E-state index contributed by atoms with van der Waals surface area (Å²) in [4.78, 5) is 40.4. The fourth-order valence-corrected chi connectivity index (χ4v) is 6.40. The lowest BCUT2D eigenvalue weighted by Crippen LogP contribution is -2.51. The van der Waals surface area contributed by atoms with Gasteiger partial charge in [-0.05, 0) is 74.7 Å². The molecule has 12 heteroatoms. The summed E-state index contributed by atoms with van der Waals surface area (Å²) in [6, 6.07) is 13.7. The van der Waals surface area contributed by atoms with Crippen molar-refractivity contribution in [1.29, 1.82) is 0 Å². The number of fused-ring (bicyclic) bond motifs is 1. The van der Waals surface area contributed by atoms with Gasteiger partial charge < -0.3 is 19.7 Å². The summed E-state index contributed by atoms with van der Waals surface area (Å²) in [5.74, 6) is -0.329. The average Bonchev–Trinajstić information content (AvgIpc) is 3.03. The zero-order valence-corrected chi connectivity index (χ0v) is 26.5. The molecule has 236 valence electrons. The second-order valence-electron chi connectivity index (χ2n) is 11.4. The van der Waals surface area contributed by atoms with E-state index in [0.717, 1.165) is 22.6 Å². The summed E-state index contributed by atoms with van der Waals surface area (Å²) in [6.45, 7) is 4.81. The van der Waals surface area contributed by atoms with E-state index < -0.39 is 55.7 Å². The standard InChI is InChI=1S/C33H32ClFN2O7S/c1-5-16-43-24-13-8-21(9-14-24)10-15-29(38)25-17-28-30(18-26(25)35)45(41,42)20-27(36-32(40)44-33(2,3)4)31(39)37(28)19-22-6-11-23(34)12-7-22/h1,6-9,11-14,17-18,27H,10,15-16,19-20H2,2-4H3,(H,36,40)/t27-/m0/s1. The first-order chi connectivity index (χ1) is 21.2. The minimum Gasteiger partial charge on any atom is -0.481 e. The summed E-state index contributed by atoms with van der Waals surface area (Å²) in [5, 5.41) is 2.80. The molecule has 1 heterocycles. The Labute approximate surface area is 266 Å². The Balaban J connectivity index is 1.69. The number of anilines is 1. The molecule has 0 saturated carbocycles. The van der Waals surface area contributed by atoms with E-state index in [1.54, 1.807) is 69.3 Å². The van der Waals surface area contributed by atoms with E-state index >= 15 is 4.39 Å². The number of carbonyl (C=O) groups excluding carboxylic acids is 3. The summed E-state index contributed by atoms with van der Waals surface area (Å²) >= 11 is 6.02. The lowest BCUT2D eigenvalue weighted by Gasteiger charge is -2.27. The number of terminal acetylenes is 1. The number of Topliss-reactive ketones (excluding diaryl/α,β-unsaturated/α-hetero) is 1. The van der Waals surface area contributed by atoms with Crippen LogP contribution < -0.4 is 15.0 Å². The Hall–Kier alpha value is -4.40. The molecule has 45 heavy (non-hydrogen) atoms. The van der Waals surface area contributed by atoms with E-state index in [-0.39, 0.29) is 37.2 Å². The fourth-order valence-electron chi connectivity index (χ4n) is 4.66. The Morgan fingerprint density at radius 1 is 1.09 bits per heavy atom. The number of benzene rings is 3. The van der Waals surface area contributed by atoms with Crippen LogP contribution in [0.15, 0.2) is 65.6 Å². The highest BCUT2D eigenvalue weighted by molar-refractivity contribution is 7.91.